The van der Waals surface area contributed by atoms with Gasteiger partial charge in [-0.3, -0.25) is 25.2 Å². The molecule has 0 radical (unpaired) electrons. The molecular formula is C23H29N3O4. The molecule has 3 amide bonds. The van der Waals surface area contributed by atoms with Crippen LogP contribution in [0.15, 0.2) is 42.5 Å². The number of carbonyl (C=O) groups excluding carboxylic acids is 3. The van der Waals surface area contributed by atoms with Gasteiger partial charge in [0.15, 0.2) is 6.10 Å². The van der Waals surface area contributed by atoms with Gasteiger partial charge in [0.1, 0.15) is 5.75 Å². The van der Waals surface area contributed by atoms with E-state index >= 15 is 0 Å². The van der Waals surface area contributed by atoms with E-state index in [1.54, 1.807) is 19.1 Å². The van der Waals surface area contributed by atoms with Crippen molar-refractivity contribution < 1.29 is 19.1 Å². The zero-order valence-corrected chi connectivity index (χ0v) is 17.9. The second-order valence-corrected chi connectivity index (χ2v) is 7.16. The van der Waals surface area contributed by atoms with Gasteiger partial charge in [-0.25, -0.2) is 0 Å². The molecule has 0 aliphatic rings. The van der Waals surface area contributed by atoms with Crippen LogP contribution in [-0.2, 0) is 20.8 Å². The molecule has 1 atom stereocenters. The molecular weight excluding hydrogens is 382 g/mol. The number of carbonyl (C=O) groups is 3. The number of amides is 3. The lowest BCUT2D eigenvalue weighted by atomic mass is 10.1. The lowest BCUT2D eigenvalue weighted by Crippen LogP contribution is -2.47. The zero-order valence-electron chi connectivity index (χ0n) is 17.9. The van der Waals surface area contributed by atoms with Gasteiger partial charge in [0.25, 0.3) is 5.91 Å². The number of nitrogens with one attached hydrogen (secondary N) is 3. The van der Waals surface area contributed by atoms with Crippen LogP contribution in [0.25, 0.3) is 0 Å². The molecule has 0 heterocycles. The van der Waals surface area contributed by atoms with Crippen LogP contribution >= 0.6 is 0 Å². The average Bonchev–Trinajstić information content (AvgIpc) is 2.73. The van der Waals surface area contributed by atoms with Crippen molar-refractivity contribution in [2.75, 3.05) is 5.32 Å². The van der Waals surface area contributed by atoms with Gasteiger partial charge in [0.2, 0.25) is 11.8 Å². The molecule has 7 heteroatoms. The number of hydrogen-bond acceptors (Lipinski definition) is 4. The van der Waals surface area contributed by atoms with E-state index in [-0.39, 0.29) is 18.7 Å². The van der Waals surface area contributed by atoms with Crippen molar-refractivity contribution in [3.8, 4) is 5.75 Å². The van der Waals surface area contributed by atoms with Gasteiger partial charge in [-0.1, -0.05) is 31.2 Å². The SMILES string of the molecule is CCc1ccc(OC(C)C(=O)NNC(=O)CCC(=O)Nc2cc(C)ccc2C)cc1. The molecule has 0 bridgehead atoms. The first-order valence-electron chi connectivity index (χ1n) is 10.00. The number of rotatable bonds is 8. The second-order valence-electron chi connectivity index (χ2n) is 7.16. The number of anilines is 1. The molecule has 0 aromatic heterocycles. The van der Waals surface area contributed by atoms with Crippen molar-refractivity contribution in [2.24, 2.45) is 0 Å². The molecule has 0 aliphatic carbocycles. The Morgan fingerprint density at radius 3 is 2.27 bits per heavy atom. The quantitative estimate of drug-likeness (QED) is 0.581. The minimum absolute atomic E-state index is 0.00488. The van der Waals surface area contributed by atoms with Gasteiger partial charge in [-0.05, 0) is 62.1 Å². The standard InChI is InChI=1S/C23H29N3O4/c1-5-18-8-10-19(11-9-18)30-17(4)23(29)26-25-22(28)13-12-21(27)24-20-14-15(2)6-7-16(20)3/h6-11,14,17H,5,12-13H2,1-4H3,(H,24,27)(H,25,28)(H,26,29). The lowest BCUT2D eigenvalue weighted by molar-refractivity contribution is -0.133. The van der Waals surface area contributed by atoms with Crippen molar-refractivity contribution in [3.63, 3.8) is 0 Å². The van der Waals surface area contributed by atoms with E-state index in [2.05, 4.69) is 23.1 Å². The maximum Gasteiger partial charge on any atom is 0.279 e. The minimum Gasteiger partial charge on any atom is -0.481 e. The Morgan fingerprint density at radius 2 is 1.60 bits per heavy atom. The van der Waals surface area contributed by atoms with Gasteiger partial charge in [0.05, 0.1) is 0 Å². The van der Waals surface area contributed by atoms with Gasteiger partial charge in [-0.2, -0.15) is 0 Å². The molecule has 160 valence electrons. The van der Waals surface area contributed by atoms with E-state index < -0.39 is 17.9 Å². The first-order chi connectivity index (χ1) is 14.3. The maximum absolute atomic E-state index is 12.1. The number of ether oxygens (including phenoxy) is 1. The smallest absolute Gasteiger partial charge is 0.279 e. The van der Waals surface area contributed by atoms with Gasteiger partial charge in [-0.15, -0.1) is 0 Å². The Bertz CT molecular complexity index is 894. The average molecular weight is 412 g/mol. The third kappa shape index (κ3) is 7.24. The van der Waals surface area contributed by atoms with Crippen molar-refractivity contribution in [1.29, 1.82) is 0 Å². The Balaban J connectivity index is 1.71. The molecule has 0 aliphatic heterocycles. The normalized spacial score (nSPS) is 11.3. The summed E-state index contributed by atoms with van der Waals surface area (Å²) in [4.78, 5) is 36.1. The van der Waals surface area contributed by atoms with Gasteiger partial charge in [0, 0.05) is 18.5 Å². The summed E-state index contributed by atoms with van der Waals surface area (Å²) in [5, 5.41) is 2.80. The molecule has 2 aromatic rings. The van der Waals surface area contributed by atoms with Crippen molar-refractivity contribution >= 4 is 23.4 Å². The third-order valence-corrected chi connectivity index (χ3v) is 4.59. The molecule has 7 nitrogen and oxygen atoms in total. The second kappa shape index (κ2) is 11.0. The molecule has 0 saturated heterocycles. The van der Waals surface area contributed by atoms with Crippen LogP contribution in [0.5, 0.6) is 5.75 Å². The fourth-order valence-corrected chi connectivity index (χ4v) is 2.67. The van der Waals surface area contributed by atoms with Crippen LogP contribution in [0.4, 0.5) is 5.69 Å². The van der Waals surface area contributed by atoms with E-state index in [0.29, 0.717) is 5.75 Å². The Labute approximate surface area is 177 Å². The highest BCUT2D eigenvalue weighted by Gasteiger charge is 2.16. The topological polar surface area (TPSA) is 96.5 Å². The van der Waals surface area contributed by atoms with E-state index in [1.165, 1.54) is 5.56 Å². The van der Waals surface area contributed by atoms with Crippen LogP contribution in [0.1, 0.15) is 43.4 Å². The molecule has 0 spiro atoms. The summed E-state index contributed by atoms with van der Waals surface area (Å²) >= 11 is 0. The van der Waals surface area contributed by atoms with Crippen LogP contribution in [0.2, 0.25) is 0 Å². The summed E-state index contributed by atoms with van der Waals surface area (Å²) in [6.45, 7) is 7.49. The predicted molar refractivity (Wildman–Crippen MR) is 116 cm³/mol. The summed E-state index contributed by atoms with van der Waals surface area (Å²) in [7, 11) is 0. The summed E-state index contributed by atoms with van der Waals surface area (Å²) in [6.07, 6.45) is 0.0889. The van der Waals surface area contributed by atoms with E-state index in [9.17, 15) is 14.4 Å². The first-order valence-corrected chi connectivity index (χ1v) is 10.00. The molecule has 2 rings (SSSR count). The highest BCUT2D eigenvalue weighted by molar-refractivity contribution is 5.94. The van der Waals surface area contributed by atoms with Gasteiger partial charge < -0.3 is 10.1 Å². The summed E-state index contributed by atoms with van der Waals surface area (Å²) < 4.78 is 5.57. The van der Waals surface area contributed by atoms with Crippen LogP contribution < -0.4 is 20.9 Å². The fourth-order valence-electron chi connectivity index (χ4n) is 2.67. The number of hydrazine groups is 1. The summed E-state index contributed by atoms with van der Waals surface area (Å²) in [6, 6.07) is 13.2. The van der Waals surface area contributed by atoms with Crippen molar-refractivity contribution in [2.45, 2.75) is 53.1 Å². The predicted octanol–water partition coefficient (Wildman–Crippen LogP) is 3.20. The van der Waals surface area contributed by atoms with E-state index in [1.807, 2.05) is 44.2 Å². The van der Waals surface area contributed by atoms with E-state index in [0.717, 1.165) is 23.2 Å². The lowest BCUT2D eigenvalue weighted by Gasteiger charge is -2.15. The highest BCUT2D eigenvalue weighted by Crippen LogP contribution is 2.17. The Hall–Kier alpha value is -3.35. The van der Waals surface area contributed by atoms with Crippen LogP contribution in [-0.4, -0.2) is 23.8 Å². The maximum atomic E-state index is 12.1. The minimum atomic E-state index is -0.787. The molecule has 2 aromatic carbocycles. The number of benzene rings is 2. The van der Waals surface area contributed by atoms with Crippen LogP contribution in [0.3, 0.4) is 0 Å². The van der Waals surface area contributed by atoms with Crippen LogP contribution in [0, 0.1) is 13.8 Å². The highest BCUT2D eigenvalue weighted by atomic mass is 16.5. The summed E-state index contributed by atoms with van der Waals surface area (Å²) in [5.74, 6) is -0.636. The monoisotopic (exact) mass is 411 g/mol. The molecule has 0 fully saturated rings. The molecule has 30 heavy (non-hydrogen) atoms. The fraction of sp³-hybridized carbons (Fsp3) is 0.348. The Kier molecular flexibility index (Phi) is 8.41. The molecule has 1 unspecified atom stereocenters. The molecule has 0 saturated carbocycles. The summed E-state index contributed by atoms with van der Waals surface area (Å²) in [5.41, 5.74) is 8.52. The third-order valence-electron chi connectivity index (χ3n) is 4.59. The largest absolute Gasteiger partial charge is 0.481 e. The van der Waals surface area contributed by atoms with Crippen molar-refractivity contribution in [3.05, 3.63) is 59.2 Å². The van der Waals surface area contributed by atoms with Crippen molar-refractivity contribution in [1.82, 2.24) is 10.9 Å². The first kappa shape index (κ1) is 22.9. The number of hydrogen-bond donors (Lipinski definition) is 3. The van der Waals surface area contributed by atoms with E-state index in [4.69, 9.17) is 4.74 Å². The molecule has 3 N–H and O–H groups in total. The number of aryl methyl sites for hydroxylation is 3. The Morgan fingerprint density at radius 1 is 0.933 bits per heavy atom. The van der Waals surface area contributed by atoms with Gasteiger partial charge >= 0.3 is 0 Å². The zero-order chi connectivity index (χ0) is 22.1.